The summed E-state index contributed by atoms with van der Waals surface area (Å²) in [5, 5.41) is 0. The second kappa shape index (κ2) is 9.18. The summed E-state index contributed by atoms with van der Waals surface area (Å²) < 4.78 is 33.5. The van der Waals surface area contributed by atoms with E-state index in [0.29, 0.717) is 36.2 Å². The summed E-state index contributed by atoms with van der Waals surface area (Å²) in [5.41, 5.74) is 1.88. The molecule has 0 unspecified atom stereocenters. The summed E-state index contributed by atoms with van der Waals surface area (Å²) in [6.07, 6.45) is -0.319. The Hall–Kier alpha value is -3.10. The van der Waals surface area contributed by atoms with Crippen molar-refractivity contribution in [1.29, 1.82) is 0 Å². The fraction of sp³-hybridized carbons (Fsp3) is 0.417. The molecule has 0 N–H and O–H groups in total. The van der Waals surface area contributed by atoms with Crippen molar-refractivity contribution in [2.45, 2.75) is 26.1 Å². The predicted molar refractivity (Wildman–Crippen MR) is 113 cm³/mol. The van der Waals surface area contributed by atoms with Gasteiger partial charge in [-0.3, -0.25) is 9.59 Å². The largest absolute Gasteiger partial charge is 0.493 e. The fourth-order valence-corrected chi connectivity index (χ4v) is 4.44. The summed E-state index contributed by atoms with van der Waals surface area (Å²) in [6.45, 7) is 3.79. The average Bonchev–Trinajstić information content (AvgIpc) is 3.36. The van der Waals surface area contributed by atoms with Gasteiger partial charge in [-0.1, -0.05) is 12.1 Å². The fourth-order valence-electron chi connectivity index (χ4n) is 4.44. The highest BCUT2D eigenvalue weighted by molar-refractivity contribution is 5.71. The minimum atomic E-state index is -0.407. The first-order chi connectivity index (χ1) is 15.4. The molecule has 32 heavy (non-hydrogen) atoms. The van der Waals surface area contributed by atoms with Gasteiger partial charge in [0.15, 0.2) is 23.0 Å². The van der Waals surface area contributed by atoms with E-state index in [4.69, 9.17) is 28.4 Å². The van der Waals surface area contributed by atoms with Crippen LogP contribution in [0.15, 0.2) is 36.4 Å². The quantitative estimate of drug-likeness (QED) is 0.495. The van der Waals surface area contributed by atoms with Crippen LogP contribution in [0.5, 0.6) is 23.0 Å². The summed E-state index contributed by atoms with van der Waals surface area (Å²) in [6, 6.07) is 10.9. The van der Waals surface area contributed by atoms with Gasteiger partial charge < -0.3 is 28.4 Å². The number of fused-ring (bicyclic) bond motifs is 1. The Balaban J connectivity index is 1.54. The van der Waals surface area contributed by atoms with Crippen LogP contribution < -0.4 is 18.9 Å². The van der Waals surface area contributed by atoms with Crippen LogP contribution in [0.1, 0.15) is 37.2 Å². The van der Waals surface area contributed by atoms with Crippen LogP contribution in [0.2, 0.25) is 0 Å². The van der Waals surface area contributed by atoms with E-state index < -0.39 is 11.9 Å². The number of hydrogen-bond acceptors (Lipinski definition) is 8. The molecular weight excluding hydrogens is 416 g/mol. The van der Waals surface area contributed by atoms with Gasteiger partial charge in [-0.25, -0.2) is 0 Å². The minimum absolute atomic E-state index is 0.156. The van der Waals surface area contributed by atoms with E-state index in [1.807, 2.05) is 24.3 Å². The van der Waals surface area contributed by atoms with Gasteiger partial charge in [0.1, 0.15) is 0 Å². The Bertz CT molecular complexity index is 936. The Labute approximate surface area is 186 Å². The second-order valence-electron chi connectivity index (χ2n) is 7.84. The molecule has 0 amide bonds. The van der Waals surface area contributed by atoms with Gasteiger partial charge in [0.05, 0.1) is 39.6 Å². The highest BCUT2D eigenvalue weighted by Gasteiger charge is 2.48. The van der Waals surface area contributed by atoms with E-state index in [0.717, 1.165) is 11.1 Å². The van der Waals surface area contributed by atoms with Gasteiger partial charge >= 0.3 is 11.9 Å². The van der Waals surface area contributed by atoms with Crippen LogP contribution in [0, 0.1) is 11.8 Å². The maximum Gasteiger partial charge on any atom is 0.308 e. The molecule has 0 radical (unpaired) electrons. The number of hydrogen-bond donors (Lipinski definition) is 0. The van der Waals surface area contributed by atoms with Gasteiger partial charge in [0.25, 0.3) is 0 Å². The van der Waals surface area contributed by atoms with Crippen LogP contribution in [-0.4, -0.2) is 39.4 Å². The summed E-state index contributed by atoms with van der Waals surface area (Å²) in [7, 11) is 3.07. The van der Waals surface area contributed by atoms with Crippen molar-refractivity contribution in [3.05, 3.63) is 47.5 Å². The number of benzene rings is 2. The maximum absolute atomic E-state index is 11.3. The van der Waals surface area contributed by atoms with Crippen molar-refractivity contribution in [2.75, 3.05) is 27.4 Å². The summed E-state index contributed by atoms with van der Waals surface area (Å²) in [5.74, 6) is 1.20. The van der Waals surface area contributed by atoms with E-state index in [1.165, 1.54) is 28.1 Å². The molecule has 2 fully saturated rings. The van der Waals surface area contributed by atoms with Crippen LogP contribution in [0.4, 0.5) is 0 Å². The van der Waals surface area contributed by atoms with Crippen molar-refractivity contribution in [1.82, 2.24) is 0 Å². The minimum Gasteiger partial charge on any atom is -0.493 e. The van der Waals surface area contributed by atoms with Crippen molar-refractivity contribution in [3.8, 4) is 23.0 Å². The zero-order valence-electron chi connectivity index (χ0n) is 18.5. The van der Waals surface area contributed by atoms with Crippen LogP contribution in [-0.2, 0) is 19.1 Å². The molecule has 170 valence electrons. The van der Waals surface area contributed by atoms with Crippen molar-refractivity contribution < 1.29 is 38.0 Å². The molecule has 2 saturated heterocycles. The highest BCUT2D eigenvalue weighted by atomic mass is 16.6. The van der Waals surface area contributed by atoms with Crippen LogP contribution in [0.3, 0.4) is 0 Å². The predicted octanol–water partition coefficient (Wildman–Crippen LogP) is 3.63. The first-order valence-corrected chi connectivity index (χ1v) is 10.4. The normalized spacial score (nSPS) is 24.0. The zero-order chi connectivity index (χ0) is 22.8. The molecular formula is C24H26O8. The Morgan fingerprint density at radius 1 is 0.719 bits per heavy atom. The van der Waals surface area contributed by atoms with Crippen molar-refractivity contribution in [3.63, 3.8) is 0 Å². The van der Waals surface area contributed by atoms with Crippen molar-refractivity contribution >= 4 is 11.9 Å². The monoisotopic (exact) mass is 442 g/mol. The highest BCUT2D eigenvalue weighted by Crippen LogP contribution is 2.51. The van der Waals surface area contributed by atoms with E-state index in [9.17, 15) is 9.59 Å². The standard InChI is InChI=1S/C24H26O8/c1-13(25)31-19-7-5-15(9-21(19)27-3)23-17-11-30-24(18(17)12-29-23)16-6-8-20(32-14(2)26)22(10-16)28-4/h5-10,17-18,23-24H,11-12H2,1-4H3/t17-,18-,23-,24-/m1/s1. The van der Waals surface area contributed by atoms with Gasteiger partial charge in [0.2, 0.25) is 0 Å². The van der Waals surface area contributed by atoms with Gasteiger partial charge in [0, 0.05) is 25.7 Å². The lowest BCUT2D eigenvalue weighted by atomic mass is 9.85. The van der Waals surface area contributed by atoms with Gasteiger partial charge in [-0.05, 0) is 35.4 Å². The Morgan fingerprint density at radius 2 is 1.12 bits per heavy atom. The van der Waals surface area contributed by atoms with Crippen LogP contribution in [0.25, 0.3) is 0 Å². The number of rotatable bonds is 6. The first kappa shape index (κ1) is 22.1. The molecule has 0 spiro atoms. The lowest BCUT2D eigenvalue weighted by Gasteiger charge is -2.18. The lowest BCUT2D eigenvalue weighted by molar-refractivity contribution is -0.132. The van der Waals surface area contributed by atoms with Crippen LogP contribution >= 0.6 is 0 Å². The molecule has 4 rings (SSSR count). The molecule has 2 aliphatic heterocycles. The topological polar surface area (TPSA) is 89.5 Å². The smallest absolute Gasteiger partial charge is 0.308 e. The van der Waals surface area contributed by atoms with Crippen molar-refractivity contribution in [2.24, 2.45) is 11.8 Å². The SMILES string of the molecule is COc1cc([C@H]2OC[C@@H]3[C@H]2CO[C@@H]3c2ccc(OC(C)=O)c(OC)c2)ccc1OC(C)=O. The number of carbonyl (C=O) groups excluding carboxylic acids is 2. The second-order valence-corrected chi connectivity index (χ2v) is 7.84. The number of methoxy groups -OCH3 is 2. The first-order valence-electron chi connectivity index (χ1n) is 10.4. The molecule has 4 atom stereocenters. The third-order valence-electron chi connectivity index (χ3n) is 5.80. The maximum atomic E-state index is 11.3. The van der Waals surface area contributed by atoms with E-state index in [2.05, 4.69) is 0 Å². The number of esters is 2. The third-order valence-corrected chi connectivity index (χ3v) is 5.80. The lowest BCUT2D eigenvalue weighted by Crippen LogP contribution is -2.15. The molecule has 2 aliphatic rings. The van der Waals surface area contributed by atoms with Gasteiger partial charge in [-0.15, -0.1) is 0 Å². The molecule has 8 nitrogen and oxygen atoms in total. The van der Waals surface area contributed by atoms with E-state index >= 15 is 0 Å². The summed E-state index contributed by atoms with van der Waals surface area (Å²) in [4.78, 5) is 22.6. The molecule has 8 heteroatoms. The molecule has 2 aromatic carbocycles. The molecule has 2 heterocycles. The van der Waals surface area contributed by atoms with E-state index in [1.54, 1.807) is 12.1 Å². The van der Waals surface area contributed by atoms with Gasteiger partial charge in [-0.2, -0.15) is 0 Å². The summed E-state index contributed by atoms with van der Waals surface area (Å²) >= 11 is 0. The Morgan fingerprint density at radius 3 is 1.47 bits per heavy atom. The number of carbonyl (C=O) groups is 2. The molecule has 2 aromatic rings. The average molecular weight is 442 g/mol. The third kappa shape index (κ3) is 4.28. The molecule has 0 aromatic heterocycles. The van der Waals surface area contributed by atoms with E-state index in [-0.39, 0.29) is 24.0 Å². The zero-order valence-corrected chi connectivity index (χ0v) is 18.5. The number of ether oxygens (including phenoxy) is 6. The molecule has 0 bridgehead atoms. The molecule has 0 saturated carbocycles. The Kier molecular flexibility index (Phi) is 6.34. The molecule has 0 aliphatic carbocycles.